The number of esters is 1. The summed E-state index contributed by atoms with van der Waals surface area (Å²) in [7, 11) is 1.41. The monoisotopic (exact) mass is 269 g/mol. The van der Waals surface area contributed by atoms with Crippen molar-refractivity contribution >= 4 is 16.7 Å². The van der Waals surface area contributed by atoms with Crippen LogP contribution in [0.3, 0.4) is 0 Å². The molecule has 1 heterocycles. The summed E-state index contributed by atoms with van der Waals surface area (Å²) in [5.74, 6) is 0.212. The van der Waals surface area contributed by atoms with Crippen LogP contribution in [0.1, 0.15) is 54.1 Å². The van der Waals surface area contributed by atoms with E-state index in [2.05, 4.69) is 11.1 Å². The summed E-state index contributed by atoms with van der Waals surface area (Å²) in [4.78, 5) is 16.5. The number of carbonyl (C=O) groups excluding carboxylic acids is 1. The van der Waals surface area contributed by atoms with Gasteiger partial charge in [0.25, 0.3) is 0 Å². The van der Waals surface area contributed by atoms with Crippen molar-refractivity contribution in [2.75, 3.05) is 7.11 Å². The van der Waals surface area contributed by atoms with Gasteiger partial charge in [0.05, 0.1) is 18.4 Å². The second kappa shape index (κ2) is 5.61. The number of nitrogens with zero attached hydrogens (tertiary/aromatic N) is 1. The first kappa shape index (κ1) is 13.1. The lowest BCUT2D eigenvalue weighted by atomic mass is 9.84. The van der Waals surface area contributed by atoms with Gasteiger partial charge in [-0.2, -0.15) is 0 Å². The van der Waals surface area contributed by atoms with Gasteiger partial charge in [0.15, 0.2) is 0 Å². The smallest absolute Gasteiger partial charge is 0.340 e. The minimum absolute atomic E-state index is 0.316. The lowest BCUT2D eigenvalue weighted by molar-refractivity contribution is 0.0602. The van der Waals surface area contributed by atoms with Crippen molar-refractivity contribution in [3.63, 3.8) is 0 Å². The number of rotatable bonds is 2. The number of methoxy groups -OCH3 is 1. The third-order valence-electron chi connectivity index (χ3n) is 4.22. The van der Waals surface area contributed by atoms with E-state index in [4.69, 9.17) is 4.74 Å². The van der Waals surface area contributed by atoms with Crippen LogP contribution in [-0.2, 0) is 4.74 Å². The van der Waals surface area contributed by atoms with E-state index in [9.17, 15) is 4.79 Å². The van der Waals surface area contributed by atoms with E-state index in [0.29, 0.717) is 11.5 Å². The predicted octanol–water partition coefficient (Wildman–Crippen LogP) is 4.07. The fourth-order valence-corrected chi connectivity index (χ4v) is 3.19. The zero-order valence-corrected chi connectivity index (χ0v) is 11.8. The third kappa shape index (κ3) is 2.28. The molecule has 2 aromatic rings. The Morgan fingerprint density at radius 1 is 1.15 bits per heavy atom. The summed E-state index contributed by atoms with van der Waals surface area (Å²) in [5, 5.41) is 2.05. The van der Waals surface area contributed by atoms with Crippen molar-refractivity contribution in [1.82, 2.24) is 4.98 Å². The van der Waals surface area contributed by atoms with Crippen LogP contribution in [0.4, 0.5) is 0 Å². The third-order valence-corrected chi connectivity index (χ3v) is 4.22. The predicted molar refractivity (Wildman–Crippen MR) is 78.9 cm³/mol. The molecule has 1 fully saturated rings. The van der Waals surface area contributed by atoms with Crippen LogP contribution in [-0.4, -0.2) is 18.1 Å². The lowest BCUT2D eigenvalue weighted by Gasteiger charge is -2.22. The van der Waals surface area contributed by atoms with Gasteiger partial charge in [0.1, 0.15) is 0 Å². The highest BCUT2D eigenvalue weighted by Gasteiger charge is 2.21. The van der Waals surface area contributed by atoms with Crippen molar-refractivity contribution in [2.24, 2.45) is 0 Å². The zero-order valence-electron chi connectivity index (χ0n) is 11.8. The van der Waals surface area contributed by atoms with Crippen LogP contribution in [0.5, 0.6) is 0 Å². The second-order valence-corrected chi connectivity index (χ2v) is 5.43. The number of ether oxygens (including phenoxy) is 1. The van der Waals surface area contributed by atoms with Gasteiger partial charge < -0.3 is 4.74 Å². The lowest BCUT2D eigenvalue weighted by Crippen LogP contribution is -2.10. The molecule has 0 saturated heterocycles. The summed E-state index contributed by atoms with van der Waals surface area (Å²) < 4.78 is 4.85. The SMILES string of the molecule is COC(=O)c1cnc(C2CCCCC2)c2ccccc12. The van der Waals surface area contributed by atoms with Crippen LogP contribution in [0.15, 0.2) is 30.5 Å². The van der Waals surface area contributed by atoms with Gasteiger partial charge in [-0.1, -0.05) is 43.5 Å². The summed E-state index contributed by atoms with van der Waals surface area (Å²) >= 11 is 0. The van der Waals surface area contributed by atoms with Crippen molar-refractivity contribution in [1.29, 1.82) is 0 Å². The summed E-state index contributed by atoms with van der Waals surface area (Å²) in [6.45, 7) is 0. The molecule has 3 rings (SSSR count). The Morgan fingerprint density at radius 2 is 1.85 bits per heavy atom. The molecule has 20 heavy (non-hydrogen) atoms. The molecule has 1 saturated carbocycles. The van der Waals surface area contributed by atoms with E-state index in [0.717, 1.165) is 16.5 Å². The van der Waals surface area contributed by atoms with E-state index >= 15 is 0 Å². The molecule has 1 aromatic carbocycles. The Morgan fingerprint density at radius 3 is 2.55 bits per heavy atom. The molecule has 0 atom stereocenters. The Balaban J connectivity index is 2.13. The molecule has 0 bridgehead atoms. The molecule has 0 aliphatic heterocycles. The maximum absolute atomic E-state index is 11.9. The summed E-state index contributed by atoms with van der Waals surface area (Å²) in [6, 6.07) is 8.02. The maximum Gasteiger partial charge on any atom is 0.340 e. The molecule has 1 aromatic heterocycles. The van der Waals surface area contributed by atoms with Crippen molar-refractivity contribution < 1.29 is 9.53 Å². The first-order valence-corrected chi connectivity index (χ1v) is 7.27. The Hall–Kier alpha value is -1.90. The van der Waals surface area contributed by atoms with Gasteiger partial charge >= 0.3 is 5.97 Å². The van der Waals surface area contributed by atoms with Crippen LogP contribution in [0.25, 0.3) is 10.8 Å². The number of fused-ring (bicyclic) bond motifs is 1. The minimum atomic E-state index is -0.316. The molecular weight excluding hydrogens is 250 g/mol. The summed E-state index contributed by atoms with van der Waals surface area (Å²) in [6.07, 6.45) is 7.97. The molecule has 3 nitrogen and oxygen atoms in total. The highest BCUT2D eigenvalue weighted by molar-refractivity contribution is 6.04. The molecule has 1 aliphatic carbocycles. The average molecular weight is 269 g/mol. The van der Waals surface area contributed by atoms with Crippen LogP contribution in [0, 0.1) is 0 Å². The van der Waals surface area contributed by atoms with E-state index in [-0.39, 0.29) is 5.97 Å². The zero-order chi connectivity index (χ0) is 13.9. The highest BCUT2D eigenvalue weighted by Crippen LogP contribution is 2.35. The van der Waals surface area contributed by atoms with Crippen LogP contribution in [0.2, 0.25) is 0 Å². The molecule has 0 amide bonds. The number of aromatic nitrogens is 1. The van der Waals surface area contributed by atoms with Crippen molar-refractivity contribution in [2.45, 2.75) is 38.0 Å². The van der Waals surface area contributed by atoms with Gasteiger partial charge in [0.2, 0.25) is 0 Å². The number of benzene rings is 1. The van der Waals surface area contributed by atoms with Crippen molar-refractivity contribution in [3.05, 3.63) is 41.7 Å². The molecule has 0 N–H and O–H groups in total. The molecule has 0 radical (unpaired) electrons. The average Bonchev–Trinajstić information content (AvgIpc) is 2.54. The van der Waals surface area contributed by atoms with E-state index in [1.165, 1.54) is 39.2 Å². The van der Waals surface area contributed by atoms with Gasteiger partial charge in [-0.05, 0) is 18.2 Å². The first-order valence-electron chi connectivity index (χ1n) is 7.27. The largest absolute Gasteiger partial charge is 0.465 e. The van der Waals surface area contributed by atoms with Gasteiger partial charge in [-0.25, -0.2) is 4.79 Å². The highest BCUT2D eigenvalue weighted by atomic mass is 16.5. The molecular formula is C17H19NO2. The molecule has 1 aliphatic rings. The number of pyridine rings is 1. The van der Waals surface area contributed by atoms with Crippen LogP contribution < -0.4 is 0 Å². The number of carbonyl (C=O) groups is 1. The van der Waals surface area contributed by atoms with Crippen molar-refractivity contribution in [3.8, 4) is 0 Å². The molecule has 3 heteroatoms. The summed E-state index contributed by atoms with van der Waals surface area (Å²) in [5.41, 5.74) is 1.70. The fourth-order valence-electron chi connectivity index (χ4n) is 3.19. The van der Waals surface area contributed by atoms with Gasteiger partial charge in [-0.3, -0.25) is 4.98 Å². The molecule has 104 valence electrons. The van der Waals surface area contributed by atoms with Crippen LogP contribution >= 0.6 is 0 Å². The quantitative estimate of drug-likeness (QED) is 0.771. The van der Waals surface area contributed by atoms with Gasteiger partial charge in [-0.15, -0.1) is 0 Å². The van der Waals surface area contributed by atoms with E-state index in [1.807, 2.05) is 18.2 Å². The Kier molecular flexibility index (Phi) is 3.68. The number of hydrogen-bond acceptors (Lipinski definition) is 3. The maximum atomic E-state index is 11.9. The molecule has 0 unspecified atom stereocenters. The minimum Gasteiger partial charge on any atom is -0.465 e. The normalized spacial score (nSPS) is 16.2. The van der Waals surface area contributed by atoms with E-state index < -0.39 is 0 Å². The topological polar surface area (TPSA) is 39.2 Å². The second-order valence-electron chi connectivity index (χ2n) is 5.43. The fraction of sp³-hybridized carbons (Fsp3) is 0.412. The van der Waals surface area contributed by atoms with E-state index in [1.54, 1.807) is 6.20 Å². The Bertz CT molecular complexity index is 630. The molecule has 0 spiro atoms. The number of hydrogen-bond donors (Lipinski definition) is 0. The first-order chi connectivity index (χ1) is 9.81. The Labute approximate surface area is 119 Å². The van der Waals surface area contributed by atoms with Gasteiger partial charge in [0, 0.05) is 17.5 Å². The standard InChI is InChI=1S/C17H19NO2/c1-20-17(19)15-11-18-16(12-7-3-2-4-8-12)14-10-6-5-9-13(14)15/h5-6,9-12H,2-4,7-8H2,1H3.